The second kappa shape index (κ2) is 13.2. The lowest BCUT2D eigenvalue weighted by molar-refractivity contribution is 0.264. The summed E-state index contributed by atoms with van der Waals surface area (Å²) in [5, 5.41) is 0.534. The number of rotatable bonds is 14. The van der Waals surface area contributed by atoms with Crippen molar-refractivity contribution in [1.29, 1.82) is 0 Å². The van der Waals surface area contributed by atoms with Gasteiger partial charge in [0, 0.05) is 11.3 Å². The first kappa shape index (κ1) is 24.1. The van der Waals surface area contributed by atoms with Crippen LogP contribution >= 0.6 is 19.8 Å². The first-order valence-electron chi connectivity index (χ1n) is 11.0. The molecule has 0 saturated heterocycles. The van der Waals surface area contributed by atoms with Crippen LogP contribution in [0.5, 0.6) is 5.75 Å². The van der Waals surface area contributed by atoms with E-state index in [2.05, 4.69) is 19.9 Å². The largest absolute Gasteiger partial charge is 0.421 e. The first-order chi connectivity index (χ1) is 14.1. The predicted molar refractivity (Wildman–Crippen MR) is 127 cm³/mol. The Labute approximate surface area is 182 Å². The summed E-state index contributed by atoms with van der Waals surface area (Å²) >= 11 is 5.49. The maximum absolute atomic E-state index is 13.9. The fourth-order valence-electron chi connectivity index (χ4n) is 3.31. The Morgan fingerprint density at radius 2 is 1.72 bits per heavy atom. The minimum absolute atomic E-state index is 0.416. The van der Waals surface area contributed by atoms with E-state index in [9.17, 15) is 4.57 Å². The highest BCUT2D eigenvalue weighted by Crippen LogP contribution is 2.57. The number of para-hydroxylation sites is 1. The van der Waals surface area contributed by atoms with Crippen LogP contribution in [0, 0.1) is 0 Å². The highest BCUT2D eigenvalue weighted by molar-refractivity contribution is 7.82. The zero-order chi connectivity index (χ0) is 21.0. The molecule has 160 valence electrons. The van der Waals surface area contributed by atoms with Gasteiger partial charge in [0.1, 0.15) is 5.75 Å². The van der Waals surface area contributed by atoms with E-state index in [1.54, 1.807) is 6.08 Å². The van der Waals surface area contributed by atoms with Gasteiger partial charge in [0.15, 0.2) is 0 Å². The van der Waals surface area contributed by atoms with E-state index in [-0.39, 0.29) is 0 Å². The SMILES string of the molecule is CCCCCCOP(=O)(Oc1ccccc1CCCCCC)C1=CC=CCC1=S. The molecule has 29 heavy (non-hydrogen) atoms. The van der Waals surface area contributed by atoms with E-state index in [1.165, 1.54) is 19.3 Å². The lowest BCUT2D eigenvalue weighted by Crippen LogP contribution is -2.10. The van der Waals surface area contributed by atoms with Crippen molar-refractivity contribution in [1.82, 2.24) is 0 Å². The van der Waals surface area contributed by atoms with Crippen molar-refractivity contribution < 1.29 is 13.6 Å². The van der Waals surface area contributed by atoms with Crippen LogP contribution in [-0.2, 0) is 15.5 Å². The van der Waals surface area contributed by atoms with Crippen molar-refractivity contribution >= 4 is 24.7 Å². The molecule has 1 aliphatic rings. The molecule has 0 bridgehead atoms. The van der Waals surface area contributed by atoms with Gasteiger partial charge in [0.05, 0.1) is 11.9 Å². The van der Waals surface area contributed by atoms with Gasteiger partial charge >= 0.3 is 7.60 Å². The molecular formula is C24H35O3PS. The van der Waals surface area contributed by atoms with E-state index in [0.29, 0.717) is 29.0 Å². The number of benzene rings is 1. The van der Waals surface area contributed by atoms with E-state index >= 15 is 0 Å². The van der Waals surface area contributed by atoms with Crippen molar-refractivity contribution in [2.75, 3.05) is 6.61 Å². The summed E-state index contributed by atoms with van der Waals surface area (Å²) in [4.78, 5) is 0.643. The summed E-state index contributed by atoms with van der Waals surface area (Å²) in [5.74, 6) is 0.652. The quantitative estimate of drug-likeness (QED) is 0.168. The number of aryl methyl sites for hydroxylation is 1. The van der Waals surface area contributed by atoms with Gasteiger partial charge in [-0.1, -0.05) is 94.9 Å². The Bertz CT molecular complexity index is 754. The molecule has 1 aromatic rings. The monoisotopic (exact) mass is 434 g/mol. The third-order valence-corrected chi connectivity index (χ3v) is 7.53. The molecule has 1 atom stereocenters. The molecule has 1 aliphatic carbocycles. The second-order valence-electron chi connectivity index (χ2n) is 7.51. The van der Waals surface area contributed by atoms with Crippen molar-refractivity contribution in [2.24, 2.45) is 0 Å². The zero-order valence-electron chi connectivity index (χ0n) is 17.9. The molecule has 1 aromatic carbocycles. The van der Waals surface area contributed by atoms with Crippen LogP contribution in [0.4, 0.5) is 0 Å². The zero-order valence-corrected chi connectivity index (χ0v) is 19.6. The topological polar surface area (TPSA) is 35.5 Å². The Morgan fingerprint density at radius 3 is 2.45 bits per heavy atom. The summed E-state index contributed by atoms with van der Waals surface area (Å²) in [5.41, 5.74) is 1.08. The number of hydrogen-bond donors (Lipinski definition) is 0. The molecule has 0 heterocycles. The van der Waals surface area contributed by atoms with Crippen LogP contribution in [0.1, 0.15) is 77.2 Å². The number of hydrogen-bond acceptors (Lipinski definition) is 4. The lowest BCUT2D eigenvalue weighted by atomic mass is 10.1. The highest BCUT2D eigenvalue weighted by atomic mass is 32.1. The van der Waals surface area contributed by atoms with E-state index in [0.717, 1.165) is 44.1 Å². The predicted octanol–water partition coefficient (Wildman–Crippen LogP) is 8.19. The molecule has 0 N–H and O–H groups in total. The summed E-state index contributed by atoms with van der Waals surface area (Å²) in [6.45, 7) is 4.80. The van der Waals surface area contributed by atoms with Gasteiger partial charge in [-0.2, -0.15) is 0 Å². The molecule has 2 rings (SSSR count). The molecule has 0 radical (unpaired) electrons. The maximum atomic E-state index is 13.9. The third-order valence-electron chi connectivity index (χ3n) is 5.02. The summed E-state index contributed by atoms with van der Waals surface area (Å²) < 4.78 is 26.0. The van der Waals surface area contributed by atoms with Gasteiger partial charge in [-0.15, -0.1) is 0 Å². The fraction of sp³-hybridized carbons (Fsp3) is 0.542. The molecule has 0 aromatic heterocycles. The van der Waals surface area contributed by atoms with E-state index in [1.807, 2.05) is 30.4 Å². The molecule has 0 fully saturated rings. The van der Waals surface area contributed by atoms with Crippen molar-refractivity contribution in [2.45, 2.75) is 78.1 Å². The van der Waals surface area contributed by atoms with Crippen molar-refractivity contribution in [3.05, 3.63) is 53.4 Å². The maximum Gasteiger partial charge on any atom is 0.411 e. The molecule has 0 amide bonds. The Hall–Kier alpha value is -1.22. The van der Waals surface area contributed by atoms with E-state index in [4.69, 9.17) is 21.3 Å². The van der Waals surface area contributed by atoms with Crippen LogP contribution in [0.3, 0.4) is 0 Å². The molecule has 0 saturated carbocycles. The Kier molecular flexibility index (Phi) is 10.9. The molecule has 5 heteroatoms. The van der Waals surface area contributed by atoms with Gasteiger partial charge in [-0.25, -0.2) is 4.57 Å². The molecule has 3 nitrogen and oxygen atoms in total. The average Bonchev–Trinajstić information content (AvgIpc) is 2.72. The molecule has 0 spiro atoms. The smallest absolute Gasteiger partial charge is 0.411 e. The van der Waals surface area contributed by atoms with Gasteiger partial charge in [0.25, 0.3) is 0 Å². The van der Waals surface area contributed by atoms with Gasteiger partial charge in [-0.05, 0) is 37.0 Å². The average molecular weight is 435 g/mol. The third kappa shape index (κ3) is 7.85. The number of unbranched alkanes of at least 4 members (excludes halogenated alkanes) is 6. The standard InChI is InChI=1S/C24H35O3PS/c1-3-5-7-9-15-21-16-10-11-17-22(21)27-28(25,26-20-14-8-6-4-2)23-18-12-13-19-24(23)29/h10-13,16-18H,3-9,14-15,19-20H2,1-2H3. The minimum Gasteiger partial charge on any atom is -0.421 e. The first-order valence-corrected chi connectivity index (χ1v) is 13.0. The highest BCUT2D eigenvalue weighted by Gasteiger charge is 2.35. The Morgan fingerprint density at radius 1 is 1.00 bits per heavy atom. The minimum atomic E-state index is -3.52. The van der Waals surface area contributed by atoms with Crippen LogP contribution < -0.4 is 4.52 Å². The van der Waals surface area contributed by atoms with E-state index < -0.39 is 7.60 Å². The molecular weight excluding hydrogens is 399 g/mol. The Balaban J connectivity index is 2.17. The van der Waals surface area contributed by atoms with Crippen LogP contribution in [-0.4, -0.2) is 11.5 Å². The lowest BCUT2D eigenvalue weighted by Gasteiger charge is -2.24. The van der Waals surface area contributed by atoms with Crippen LogP contribution in [0.15, 0.2) is 47.8 Å². The summed E-state index contributed by atoms with van der Waals surface area (Å²) in [7, 11) is -3.52. The van der Waals surface area contributed by atoms with Crippen molar-refractivity contribution in [3.8, 4) is 5.75 Å². The fourth-order valence-corrected chi connectivity index (χ4v) is 5.57. The van der Waals surface area contributed by atoms with Crippen LogP contribution in [0.2, 0.25) is 0 Å². The van der Waals surface area contributed by atoms with Crippen molar-refractivity contribution in [3.63, 3.8) is 0 Å². The van der Waals surface area contributed by atoms with Crippen LogP contribution in [0.25, 0.3) is 0 Å². The number of thiocarbonyl (C=S) groups is 1. The summed E-state index contributed by atoms with van der Waals surface area (Å²) in [6.07, 6.45) is 16.1. The molecule has 0 aliphatic heterocycles. The van der Waals surface area contributed by atoms with Gasteiger partial charge in [-0.3, -0.25) is 4.52 Å². The molecule has 1 unspecified atom stereocenters. The number of allylic oxidation sites excluding steroid dienone is 4. The van der Waals surface area contributed by atoms with Gasteiger partial charge < -0.3 is 4.52 Å². The normalized spacial score (nSPS) is 15.8. The van der Waals surface area contributed by atoms with Gasteiger partial charge in [0.2, 0.25) is 0 Å². The summed E-state index contributed by atoms with van der Waals surface area (Å²) in [6, 6.07) is 7.88. The second-order valence-corrected chi connectivity index (χ2v) is 9.92.